The van der Waals surface area contributed by atoms with E-state index in [2.05, 4.69) is 22.4 Å². The molecule has 0 aromatic carbocycles. The van der Waals surface area contributed by atoms with Crippen molar-refractivity contribution in [2.75, 3.05) is 0 Å². The lowest BCUT2D eigenvalue weighted by Crippen LogP contribution is -2.28. The molecule has 1 rings (SSSR count). The number of rotatable bonds is 2. The van der Waals surface area contributed by atoms with Crippen LogP contribution in [0.15, 0.2) is 4.42 Å². The average Bonchev–Trinajstić information content (AvgIpc) is 2.35. The number of aromatic nitrogens is 2. The van der Waals surface area contributed by atoms with Crippen molar-refractivity contribution in [1.29, 1.82) is 0 Å². The average molecular weight is 188 g/mol. The molecule has 0 saturated carbocycles. The minimum atomic E-state index is -1.15. The van der Waals surface area contributed by atoms with Gasteiger partial charge in [-0.3, -0.25) is 4.79 Å². The third kappa shape index (κ3) is 1.38. The number of aliphatic carboxylic acids is 1. The molecule has 6 heteroatoms. The summed E-state index contributed by atoms with van der Waals surface area (Å²) in [5, 5.41) is 14.8. The maximum Gasteiger partial charge on any atom is 0.318 e. The van der Waals surface area contributed by atoms with E-state index in [0.29, 0.717) is 0 Å². The molecule has 1 heterocycles. The molecule has 0 aliphatic carbocycles. The molecule has 0 bridgehead atoms. The first kappa shape index (κ1) is 8.92. The molecule has 1 aromatic rings. The summed E-state index contributed by atoms with van der Waals surface area (Å²) in [5.74, 6) is -0.923. The Morgan fingerprint density at radius 1 is 1.75 bits per heavy atom. The van der Waals surface area contributed by atoms with E-state index in [1.54, 1.807) is 0 Å². The Balaban J connectivity index is 3.13. The minimum absolute atomic E-state index is 0.0827. The zero-order chi connectivity index (χ0) is 9.35. The Morgan fingerprint density at radius 3 is 2.67 bits per heavy atom. The van der Waals surface area contributed by atoms with E-state index in [9.17, 15) is 4.79 Å². The Bertz CT molecular complexity index is 352. The number of carbonyl (C=O) groups is 1. The molecule has 1 aromatic heterocycles. The first-order valence-corrected chi connectivity index (χ1v) is 3.65. The summed E-state index contributed by atoms with van der Waals surface area (Å²) in [6.07, 6.45) is 0. The highest BCUT2D eigenvalue weighted by molar-refractivity contribution is 7.71. The predicted molar refractivity (Wildman–Crippen MR) is 42.3 cm³/mol. The summed E-state index contributed by atoms with van der Waals surface area (Å²) >= 11 is 4.61. The molecule has 5 nitrogen and oxygen atoms in total. The first-order chi connectivity index (χ1) is 5.44. The lowest BCUT2D eigenvalue weighted by atomic mass is 9.94. The van der Waals surface area contributed by atoms with Crippen LogP contribution in [0, 0.1) is 4.84 Å². The number of carboxylic acids is 1. The monoisotopic (exact) mass is 188 g/mol. The van der Waals surface area contributed by atoms with Gasteiger partial charge in [-0.25, -0.2) is 5.10 Å². The van der Waals surface area contributed by atoms with E-state index in [0.717, 1.165) is 0 Å². The van der Waals surface area contributed by atoms with Gasteiger partial charge in [0.25, 0.3) is 4.84 Å². The molecule has 2 N–H and O–H groups in total. The van der Waals surface area contributed by atoms with Gasteiger partial charge < -0.3 is 9.52 Å². The molecular weight excluding hydrogens is 180 g/mol. The number of hydrogen-bond donors (Lipinski definition) is 2. The van der Waals surface area contributed by atoms with Crippen LogP contribution in [0.1, 0.15) is 19.7 Å². The van der Waals surface area contributed by atoms with Crippen LogP contribution < -0.4 is 0 Å². The van der Waals surface area contributed by atoms with Crippen molar-refractivity contribution in [3.63, 3.8) is 0 Å². The fourth-order valence-corrected chi connectivity index (χ4v) is 0.713. The molecule has 0 saturated heterocycles. The van der Waals surface area contributed by atoms with Gasteiger partial charge in [0.2, 0.25) is 5.89 Å². The zero-order valence-corrected chi connectivity index (χ0v) is 7.44. The van der Waals surface area contributed by atoms with E-state index in [1.165, 1.54) is 13.8 Å². The van der Waals surface area contributed by atoms with Gasteiger partial charge in [0.05, 0.1) is 0 Å². The molecule has 0 unspecified atom stereocenters. The van der Waals surface area contributed by atoms with Crippen LogP contribution >= 0.6 is 12.2 Å². The highest BCUT2D eigenvalue weighted by Crippen LogP contribution is 2.20. The lowest BCUT2D eigenvalue weighted by Gasteiger charge is -2.12. The first-order valence-electron chi connectivity index (χ1n) is 3.24. The molecule has 66 valence electrons. The van der Waals surface area contributed by atoms with Gasteiger partial charge in [0, 0.05) is 0 Å². The summed E-state index contributed by atoms with van der Waals surface area (Å²) in [6.45, 7) is 2.98. The number of aromatic amines is 1. The van der Waals surface area contributed by atoms with Crippen molar-refractivity contribution in [3.05, 3.63) is 10.7 Å². The number of nitrogens with one attached hydrogen (secondary N) is 1. The minimum Gasteiger partial charge on any atom is -0.480 e. The zero-order valence-electron chi connectivity index (χ0n) is 6.62. The predicted octanol–water partition coefficient (Wildman–Crippen LogP) is 1.09. The molecule has 0 radical (unpaired) electrons. The number of hydrogen-bond acceptors (Lipinski definition) is 4. The van der Waals surface area contributed by atoms with Gasteiger partial charge in [-0.05, 0) is 26.1 Å². The fourth-order valence-electron chi connectivity index (χ4n) is 0.589. The van der Waals surface area contributed by atoms with E-state index >= 15 is 0 Å². The van der Waals surface area contributed by atoms with Crippen molar-refractivity contribution in [2.24, 2.45) is 0 Å². The van der Waals surface area contributed by atoms with Crippen molar-refractivity contribution < 1.29 is 14.3 Å². The van der Waals surface area contributed by atoms with Gasteiger partial charge in [-0.2, -0.15) is 0 Å². The highest BCUT2D eigenvalue weighted by atomic mass is 32.1. The third-order valence-electron chi connectivity index (χ3n) is 1.51. The van der Waals surface area contributed by atoms with Crippen LogP contribution in [-0.4, -0.2) is 21.3 Å². The number of carboxylic acid groups (broad SMARTS) is 1. The van der Waals surface area contributed by atoms with Crippen LogP contribution in [0.3, 0.4) is 0 Å². The quantitative estimate of drug-likeness (QED) is 0.679. The Kier molecular flexibility index (Phi) is 2.01. The maximum absolute atomic E-state index is 10.7. The van der Waals surface area contributed by atoms with Crippen LogP contribution in [0.4, 0.5) is 0 Å². The molecule has 0 aliphatic rings. The van der Waals surface area contributed by atoms with E-state index in [4.69, 9.17) is 9.52 Å². The summed E-state index contributed by atoms with van der Waals surface area (Å²) in [7, 11) is 0. The second-order valence-electron chi connectivity index (χ2n) is 2.85. The third-order valence-corrected chi connectivity index (χ3v) is 1.68. The topological polar surface area (TPSA) is 79.1 Å². The molecular formula is C6H8N2O3S. The Morgan fingerprint density at radius 2 is 2.33 bits per heavy atom. The normalized spacial score (nSPS) is 11.5. The SMILES string of the molecule is CC(C)(C(=O)O)c1n[nH]c(=S)o1. The lowest BCUT2D eigenvalue weighted by molar-refractivity contribution is -0.143. The second-order valence-corrected chi connectivity index (χ2v) is 3.22. The summed E-state index contributed by atoms with van der Waals surface area (Å²) in [4.78, 5) is 10.8. The standard InChI is InChI=1S/C6H8N2O3S/c1-6(2,4(9)10)3-7-8-5(12)11-3/h1-2H3,(H,8,12)(H,9,10). The van der Waals surface area contributed by atoms with Crippen molar-refractivity contribution in [1.82, 2.24) is 10.2 Å². The van der Waals surface area contributed by atoms with Crippen molar-refractivity contribution >= 4 is 18.2 Å². The van der Waals surface area contributed by atoms with E-state index in [-0.39, 0.29) is 10.7 Å². The number of H-pyrrole nitrogens is 1. The van der Waals surface area contributed by atoms with Gasteiger partial charge in [0.15, 0.2) is 0 Å². The van der Waals surface area contributed by atoms with Crippen LogP contribution in [0.2, 0.25) is 0 Å². The maximum atomic E-state index is 10.7. The summed E-state index contributed by atoms with van der Waals surface area (Å²) in [5.41, 5.74) is -1.15. The second kappa shape index (κ2) is 2.71. The van der Waals surface area contributed by atoms with Crippen LogP contribution in [-0.2, 0) is 10.2 Å². The molecule has 0 atom stereocenters. The molecule has 0 amide bonds. The van der Waals surface area contributed by atoms with E-state index in [1.807, 2.05) is 0 Å². The van der Waals surface area contributed by atoms with Crippen molar-refractivity contribution in [3.8, 4) is 0 Å². The smallest absolute Gasteiger partial charge is 0.318 e. The molecule has 0 fully saturated rings. The Labute approximate surface area is 73.4 Å². The number of nitrogens with zero attached hydrogens (tertiary/aromatic N) is 1. The van der Waals surface area contributed by atoms with E-state index < -0.39 is 11.4 Å². The summed E-state index contributed by atoms with van der Waals surface area (Å²) < 4.78 is 4.88. The van der Waals surface area contributed by atoms with Gasteiger partial charge in [-0.15, -0.1) is 5.10 Å². The molecule has 0 spiro atoms. The Hall–Kier alpha value is -1.17. The fraction of sp³-hybridized carbons (Fsp3) is 0.500. The van der Waals surface area contributed by atoms with Gasteiger partial charge in [0.1, 0.15) is 5.41 Å². The van der Waals surface area contributed by atoms with Crippen molar-refractivity contribution in [2.45, 2.75) is 19.3 Å². The van der Waals surface area contributed by atoms with Gasteiger partial charge in [-0.1, -0.05) is 0 Å². The molecule has 12 heavy (non-hydrogen) atoms. The van der Waals surface area contributed by atoms with Gasteiger partial charge >= 0.3 is 5.97 Å². The molecule has 0 aliphatic heterocycles. The van der Waals surface area contributed by atoms with Crippen LogP contribution in [0.25, 0.3) is 0 Å². The van der Waals surface area contributed by atoms with Crippen LogP contribution in [0.5, 0.6) is 0 Å². The largest absolute Gasteiger partial charge is 0.480 e. The summed E-state index contributed by atoms with van der Waals surface area (Å²) in [6, 6.07) is 0. The highest BCUT2D eigenvalue weighted by Gasteiger charge is 2.34.